The third-order valence-corrected chi connectivity index (χ3v) is 4.92. The zero-order chi connectivity index (χ0) is 18.8. The van der Waals surface area contributed by atoms with Crippen LogP contribution in [0.25, 0.3) is 16.9 Å². The van der Waals surface area contributed by atoms with Gasteiger partial charge in [-0.1, -0.05) is 36.4 Å². The summed E-state index contributed by atoms with van der Waals surface area (Å²) in [4.78, 5) is 14.0. The minimum atomic E-state index is 0.508. The van der Waals surface area contributed by atoms with Crippen molar-refractivity contribution in [2.45, 2.75) is 0 Å². The number of hydrogen-bond acceptors (Lipinski definition) is 6. The summed E-state index contributed by atoms with van der Waals surface area (Å²) in [6, 6.07) is 21.9. The van der Waals surface area contributed by atoms with Gasteiger partial charge in [-0.25, -0.2) is 4.98 Å². The summed E-state index contributed by atoms with van der Waals surface area (Å²) in [7, 11) is 0. The predicted molar refractivity (Wildman–Crippen MR) is 114 cm³/mol. The topological polar surface area (TPSA) is 67.7 Å². The first-order valence-electron chi connectivity index (χ1n) is 8.79. The lowest BCUT2D eigenvalue weighted by Crippen LogP contribution is -2.03. The van der Waals surface area contributed by atoms with E-state index >= 15 is 0 Å². The van der Waals surface area contributed by atoms with E-state index in [2.05, 4.69) is 26.0 Å². The third-order valence-electron chi connectivity index (χ3n) is 4.25. The highest BCUT2D eigenvalue weighted by Crippen LogP contribution is 2.27. The predicted octanol–water partition coefficient (Wildman–Crippen LogP) is 5.36. The molecule has 0 spiro atoms. The van der Waals surface area contributed by atoms with Crippen LogP contribution in [0.5, 0.6) is 0 Å². The molecule has 0 atom stereocenters. The van der Waals surface area contributed by atoms with Gasteiger partial charge in [0.1, 0.15) is 6.33 Å². The molecule has 0 aliphatic rings. The molecule has 0 bridgehead atoms. The van der Waals surface area contributed by atoms with E-state index in [9.17, 15) is 0 Å². The van der Waals surface area contributed by atoms with Crippen molar-refractivity contribution < 1.29 is 0 Å². The quantitative estimate of drug-likeness (QED) is 0.427. The van der Waals surface area contributed by atoms with Crippen LogP contribution < -0.4 is 10.6 Å². The molecule has 2 N–H and O–H groups in total. The molecule has 3 aromatic heterocycles. The maximum absolute atomic E-state index is 4.73. The third kappa shape index (κ3) is 3.19. The highest BCUT2D eigenvalue weighted by Gasteiger charge is 2.15. The Kier molecular flexibility index (Phi) is 4.19. The smallest absolute Gasteiger partial charge is 0.231 e. The molecule has 0 radical (unpaired) electrons. The van der Waals surface area contributed by atoms with Crippen LogP contribution in [0.2, 0.25) is 0 Å². The fraction of sp³-hybridized carbons (Fsp3) is 0. The van der Waals surface area contributed by atoms with E-state index in [1.807, 2.05) is 76.7 Å². The first-order valence-corrected chi connectivity index (χ1v) is 9.73. The number of imidazole rings is 1. The van der Waals surface area contributed by atoms with Crippen molar-refractivity contribution >= 4 is 45.6 Å². The molecule has 136 valence electrons. The monoisotopic (exact) mass is 384 g/mol. The van der Waals surface area contributed by atoms with Gasteiger partial charge in [0, 0.05) is 16.8 Å². The standard InChI is InChI=1S/C21H16N6S/c1-3-7-15(8-4-1)23-19-18-20(27(14-22-18)17-11-12-28-13-17)26-21(25-19)24-16-9-5-2-6-10-16/h1-14H,(H2,23,24,25,26). The molecule has 5 aromatic rings. The summed E-state index contributed by atoms with van der Waals surface area (Å²) in [5.74, 6) is 1.16. The number of hydrogen-bond donors (Lipinski definition) is 2. The van der Waals surface area contributed by atoms with E-state index in [-0.39, 0.29) is 0 Å². The van der Waals surface area contributed by atoms with Crippen molar-refractivity contribution in [1.29, 1.82) is 0 Å². The molecule has 6 nitrogen and oxygen atoms in total. The Morgan fingerprint density at radius 1 is 0.786 bits per heavy atom. The average molecular weight is 384 g/mol. The molecule has 0 fully saturated rings. The highest BCUT2D eigenvalue weighted by molar-refractivity contribution is 7.08. The first-order chi connectivity index (χ1) is 13.9. The Balaban J connectivity index is 1.64. The van der Waals surface area contributed by atoms with Gasteiger partial charge in [-0.05, 0) is 35.7 Å². The van der Waals surface area contributed by atoms with Gasteiger partial charge < -0.3 is 10.6 Å². The number of thiophene rings is 1. The SMILES string of the molecule is c1ccc(Nc2nc(Nc3ccccc3)c3ncn(-c4ccsc4)c3n2)cc1. The summed E-state index contributed by atoms with van der Waals surface area (Å²) >= 11 is 1.64. The number of fused-ring (bicyclic) bond motifs is 1. The Morgan fingerprint density at radius 2 is 1.50 bits per heavy atom. The maximum atomic E-state index is 4.73. The number of nitrogens with one attached hydrogen (secondary N) is 2. The molecular weight excluding hydrogens is 368 g/mol. The van der Waals surface area contributed by atoms with Gasteiger partial charge in [-0.3, -0.25) is 4.57 Å². The van der Waals surface area contributed by atoms with Crippen molar-refractivity contribution in [3.05, 3.63) is 83.8 Å². The fourth-order valence-electron chi connectivity index (χ4n) is 2.94. The summed E-state index contributed by atoms with van der Waals surface area (Å²) in [5.41, 5.74) is 4.36. The van der Waals surface area contributed by atoms with Gasteiger partial charge in [-0.15, -0.1) is 0 Å². The zero-order valence-electron chi connectivity index (χ0n) is 14.8. The molecule has 7 heteroatoms. The van der Waals surface area contributed by atoms with E-state index in [4.69, 9.17) is 4.98 Å². The van der Waals surface area contributed by atoms with Gasteiger partial charge in [0.2, 0.25) is 5.95 Å². The van der Waals surface area contributed by atoms with Crippen molar-refractivity contribution in [3.63, 3.8) is 0 Å². The van der Waals surface area contributed by atoms with Crippen LogP contribution in [-0.4, -0.2) is 19.5 Å². The summed E-state index contributed by atoms with van der Waals surface area (Å²) in [6.07, 6.45) is 1.78. The van der Waals surface area contributed by atoms with E-state index < -0.39 is 0 Å². The van der Waals surface area contributed by atoms with Crippen molar-refractivity contribution in [2.75, 3.05) is 10.6 Å². The van der Waals surface area contributed by atoms with E-state index in [0.29, 0.717) is 17.3 Å². The van der Waals surface area contributed by atoms with E-state index in [1.165, 1.54) is 0 Å². The molecule has 5 rings (SSSR count). The molecule has 0 saturated heterocycles. The molecule has 0 unspecified atom stereocenters. The molecule has 0 aliphatic heterocycles. The molecule has 2 aromatic carbocycles. The van der Waals surface area contributed by atoms with Gasteiger partial charge in [0.05, 0.1) is 5.69 Å². The second-order valence-electron chi connectivity index (χ2n) is 6.15. The van der Waals surface area contributed by atoms with Gasteiger partial charge in [0.15, 0.2) is 17.0 Å². The minimum Gasteiger partial charge on any atom is -0.338 e. The normalized spacial score (nSPS) is 10.9. The number of nitrogens with zero attached hydrogens (tertiary/aromatic N) is 4. The first kappa shape index (κ1) is 16.5. The lowest BCUT2D eigenvalue weighted by atomic mass is 10.3. The van der Waals surface area contributed by atoms with Crippen LogP contribution in [0.3, 0.4) is 0 Å². The molecule has 0 saturated carbocycles. The Labute approximate surface area is 165 Å². The van der Waals surface area contributed by atoms with E-state index in [1.54, 1.807) is 17.7 Å². The Morgan fingerprint density at radius 3 is 2.18 bits per heavy atom. The van der Waals surface area contributed by atoms with Crippen LogP contribution in [-0.2, 0) is 0 Å². The largest absolute Gasteiger partial charge is 0.338 e. The minimum absolute atomic E-state index is 0.508. The van der Waals surface area contributed by atoms with Gasteiger partial charge in [-0.2, -0.15) is 21.3 Å². The molecular formula is C21H16N6S. The van der Waals surface area contributed by atoms with Crippen LogP contribution in [0.1, 0.15) is 0 Å². The Hall–Kier alpha value is -3.71. The summed E-state index contributed by atoms with van der Waals surface area (Å²) in [5, 5.41) is 10.8. The van der Waals surface area contributed by atoms with Crippen molar-refractivity contribution in [2.24, 2.45) is 0 Å². The number of benzene rings is 2. The van der Waals surface area contributed by atoms with Gasteiger partial charge in [0.25, 0.3) is 0 Å². The van der Waals surface area contributed by atoms with E-state index in [0.717, 1.165) is 22.7 Å². The molecule has 0 aliphatic carbocycles. The summed E-state index contributed by atoms with van der Waals surface area (Å²) < 4.78 is 1.97. The number of rotatable bonds is 5. The average Bonchev–Trinajstić information content (AvgIpc) is 3.39. The van der Waals surface area contributed by atoms with Crippen LogP contribution >= 0.6 is 11.3 Å². The number of aromatic nitrogens is 4. The molecule has 3 heterocycles. The van der Waals surface area contributed by atoms with Crippen LogP contribution in [0.15, 0.2) is 83.8 Å². The lowest BCUT2D eigenvalue weighted by molar-refractivity contribution is 1.07. The van der Waals surface area contributed by atoms with Gasteiger partial charge >= 0.3 is 0 Å². The van der Waals surface area contributed by atoms with Crippen LogP contribution in [0, 0.1) is 0 Å². The van der Waals surface area contributed by atoms with Crippen molar-refractivity contribution in [3.8, 4) is 5.69 Å². The van der Waals surface area contributed by atoms with Crippen LogP contribution in [0.4, 0.5) is 23.1 Å². The molecule has 28 heavy (non-hydrogen) atoms. The fourth-order valence-corrected chi connectivity index (χ4v) is 3.56. The summed E-state index contributed by atoms with van der Waals surface area (Å²) in [6.45, 7) is 0. The maximum Gasteiger partial charge on any atom is 0.231 e. The zero-order valence-corrected chi connectivity index (χ0v) is 15.6. The number of para-hydroxylation sites is 2. The Bertz CT molecular complexity index is 1200. The molecule has 0 amide bonds. The highest BCUT2D eigenvalue weighted by atomic mass is 32.1. The second kappa shape index (κ2) is 7.13. The van der Waals surface area contributed by atoms with Crippen molar-refractivity contribution in [1.82, 2.24) is 19.5 Å². The second-order valence-corrected chi connectivity index (χ2v) is 6.93. The lowest BCUT2D eigenvalue weighted by Gasteiger charge is -2.10. The number of anilines is 4.